The van der Waals surface area contributed by atoms with E-state index in [1.807, 2.05) is 6.07 Å². The van der Waals surface area contributed by atoms with Gasteiger partial charge in [0.1, 0.15) is 5.75 Å². The molecule has 1 aromatic carbocycles. The highest BCUT2D eigenvalue weighted by atomic mass is 79.9. The van der Waals surface area contributed by atoms with Crippen molar-refractivity contribution in [1.82, 2.24) is 5.32 Å². The molecule has 1 aromatic rings. The van der Waals surface area contributed by atoms with Gasteiger partial charge in [0.2, 0.25) is 0 Å². The number of nitrogens with one attached hydrogen (secondary N) is 1. The summed E-state index contributed by atoms with van der Waals surface area (Å²) in [7, 11) is 1.70. The van der Waals surface area contributed by atoms with Crippen LogP contribution in [0.25, 0.3) is 0 Å². The Kier molecular flexibility index (Phi) is 6.08. The lowest BCUT2D eigenvalue weighted by Crippen LogP contribution is -2.42. The van der Waals surface area contributed by atoms with Gasteiger partial charge < -0.3 is 10.1 Å². The Morgan fingerprint density at radius 2 is 1.80 bits per heavy atom. The number of benzene rings is 1. The van der Waals surface area contributed by atoms with Crippen LogP contribution in [-0.4, -0.2) is 19.2 Å². The molecule has 3 heteroatoms. The van der Waals surface area contributed by atoms with Crippen LogP contribution in [-0.2, 0) is 6.42 Å². The minimum absolute atomic E-state index is 0.181. The number of methoxy groups -OCH3 is 1. The third-order valence-electron chi connectivity index (χ3n) is 3.40. The first-order valence-corrected chi connectivity index (χ1v) is 8.00. The van der Waals surface area contributed by atoms with Crippen molar-refractivity contribution in [2.45, 2.75) is 53.0 Å². The topological polar surface area (TPSA) is 21.3 Å². The van der Waals surface area contributed by atoms with Gasteiger partial charge in [-0.05, 0) is 72.7 Å². The van der Waals surface area contributed by atoms with Crippen molar-refractivity contribution >= 4 is 15.9 Å². The van der Waals surface area contributed by atoms with Crippen molar-refractivity contribution in [2.24, 2.45) is 5.41 Å². The molecule has 0 saturated carbocycles. The normalized spacial score (nSPS) is 12.6. The first-order chi connectivity index (χ1) is 9.13. The maximum Gasteiger partial charge on any atom is 0.133 e. The van der Waals surface area contributed by atoms with E-state index in [1.165, 1.54) is 5.56 Å². The molecule has 0 saturated heterocycles. The van der Waals surface area contributed by atoms with Crippen molar-refractivity contribution in [3.8, 4) is 5.75 Å². The zero-order valence-corrected chi connectivity index (χ0v) is 15.2. The second kappa shape index (κ2) is 6.95. The maximum absolute atomic E-state index is 5.26. The third-order valence-corrected chi connectivity index (χ3v) is 4.02. The number of hydrogen-bond donors (Lipinski definition) is 1. The maximum atomic E-state index is 5.26. The number of hydrogen-bond acceptors (Lipinski definition) is 2. The molecule has 0 radical (unpaired) electrons. The largest absolute Gasteiger partial charge is 0.496 e. The Labute approximate surface area is 132 Å². The van der Waals surface area contributed by atoms with Gasteiger partial charge in [-0.3, -0.25) is 0 Å². The Hall–Kier alpha value is -0.540. The van der Waals surface area contributed by atoms with E-state index in [1.54, 1.807) is 7.11 Å². The summed E-state index contributed by atoms with van der Waals surface area (Å²) in [6.45, 7) is 12.3. The number of rotatable bonds is 6. The Morgan fingerprint density at radius 1 is 1.15 bits per heavy atom. The lowest BCUT2D eigenvalue weighted by Gasteiger charge is -2.30. The Morgan fingerprint density at radius 3 is 2.30 bits per heavy atom. The molecule has 0 heterocycles. The standard InChI is InChI=1S/C17H28BrNO/c1-16(2,3)19-12-17(4,5)10-9-13-7-8-15(20-6)14(18)11-13/h7-8,11,19H,9-10,12H2,1-6H3. The second-order valence-corrected chi connectivity index (χ2v) is 8.09. The summed E-state index contributed by atoms with van der Waals surface area (Å²) in [4.78, 5) is 0. The van der Waals surface area contributed by atoms with Gasteiger partial charge in [-0.25, -0.2) is 0 Å². The number of ether oxygens (including phenoxy) is 1. The van der Waals surface area contributed by atoms with Gasteiger partial charge in [0.25, 0.3) is 0 Å². The van der Waals surface area contributed by atoms with Gasteiger partial charge in [-0.15, -0.1) is 0 Å². The van der Waals surface area contributed by atoms with Crippen molar-refractivity contribution < 1.29 is 4.74 Å². The molecule has 1 N–H and O–H groups in total. The summed E-state index contributed by atoms with van der Waals surface area (Å²) in [6, 6.07) is 6.34. The van der Waals surface area contributed by atoms with Gasteiger partial charge in [0.05, 0.1) is 11.6 Å². The van der Waals surface area contributed by atoms with Crippen molar-refractivity contribution in [3.05, 3.63) is 28.2 Å². The SMILES string of the molecule is COc1ccc(CCC(C)(C)CNC(C)(C)C)cc1Br. The molecular formula is C17H28BrNO. The molecule has 0 unspecified atom stereocenters. The summed E-state index contributed by atoms with van der Waals surface area (Å²) < 4.78 is 6.30. The van der Waals surface area contributed by atoms with Gasteiger partial charge in [-0.1, -0.05) is 19.9 Å². The summed E-state index contributed by atoms with van der Waals surface area (Å²) in [5.74, 6) is 0.891. The lowest BCUT2D eigenvalue weighted by atomic mass is 9.85. The van der Waals surface area contributed by atoms with E-state index in [0.29, 0.717) is 5.41 Å². The fourth-order valence-corrected chi connectivity index (χ4v) is 2.53. The van der Waals surface area contributed by atoms with Gasteiger partial charge in [-0.2, -0.15) is 0 Å². The zero-order chi connectivity index (χ0) is 15.4. The summed E-state index contributed by atoms with van der Waals surface area (Å²) in [5, 5.41) is 3.60. The number of halogens is 1. The molecule has 0 amide bonds. The van der Waals surface area contributed by atoms with Gasteiger partial charge in [0, 0.05) is 12.1 Å². The van der Waals surface area contributed by atoms with Crippen molar-refractivity contribution in [2.75, 3.05) is 13.7 Å². The van der Waals surface area contributed by atoms with Crippen LogP contribution < -0.4 is 10.1 Å². The van der Waals surface area contributed by atoms with E-state index in [-0.39, 0.29) is 5.54 Å². The quantitative estimate of drug-likeness (QED) is 0.801. The molecule has 0 bridgehead atoms. The third kappa shape index (κ3) is 6.27. The minimum Gasteiger partial charge on any atom is -0.496 e. The van der Waals surface area contributed by atoms with Crippen molar-refractivity contribution in [3.63, 3.8) is 0 Å². The molecule has 20 heavy (non-hydrogen) atoms. The van der Waals surface area contributed by atoms with Gasteiger partial charge in [0.15, 0.2) is 0 Å². The predicted octanol–water partition coefficient (Wildman–Crippen LogP) is 4.80. The molecular weight excluding hydrogens is 314 g/mol. The Bertz CT molecular complexity index is 435. The fourth-order valence-electron chi connectivity index (χ4n) is 1.94. The molecule has 1 rings (SSSR count). The van der Waals surface area contributed by atoms with Crippen LogP contribution in [0.15, 0.2) is 22.7 Å². The van der Waals surface area contributed by atoms with Crippen LogP contribution in [0.3, 0.4) is 0 Å². The average molecular weight is 342 g/mol. The van der Waals surface area contributed by atoms with Crippen LogP contribution in [0.5, 0.6) is 5.75 Å². The van der Waals surface area contributed by atoms with E-state index >= 15 is 0 Å². The molecule has 0 aliphatic carbocycles. The molecule has 0 spiro atoms. The minimum atomic E-state index is 0.181. The molecule has 0 aliphatic heterocycles. The summed E-state index contributed by atoms with van der Waals surface area (Å²) in [5.41, 5.74) is 1.82. The van der Waals surface area contributed by atoms with Crippen LogP contribution in [0, 0.1) is 5.41 Å². The average Bonchev–Trinajstić information content (AvgIpc) is 2.34. The monoisotopic (exact) mass is 341 g/mol. The Balaban J connectivity index is 2.55. The zero-order valence-electron chi connectivity index (χ0n) is 13.6. The van der Waals surface area contributed by atoms with Gasteiger partial charge >= 0.3 is 0 Å². The van der Waals surface area contributed by atoms with E-state index in [9.17, 15) is 0 Å². The van der Waals surface area contributed by atoms with Crippen LogP contribution in [0.4, 0.5) is 0 Å². The van der Waals surface area contributed by atoms with E-state index in [0.717, 1.165) is 29.6 Å². The predicted molar refractivity (Wildman–Crippen MR) is 90.6 cm³/mol. The molecule has 2 nitrogen and oxygen atoms in total. The van der Waals surface area contributed by atoms with E-state index in [4.69, 9.17) is 4.74 Å². The molecule has 0 aliphatic rings. The first-order valence-electron chi connectivity index (χ1n) is 7.20. The van der Waals surface area contributed by atoms with E-state index in [2.05, 4.69) is 68.0 Å². The lowest BCUT2D eigenvalue weighted by molar-refractivity contribution is 0.273. The highest BCUT2D eigenvalue weighted by molar-refractivity contribution is 9.10. The molecule has 0 fully saturated rings. The summed E-state index contributed by atoms with van der Waals surface area (Å²) >= 11 is 3.55. The molecule has 0 atom stereocenters. The summed E-state index contributed by atoms with van der Waals surface area (Å²) in [6.07, 6.45) is 2.25. The fraction of sp³-hybridized carbons (Fsp3) is 0.647. The molecule has 114 valence electrons. The molecule has 0 aromatic heterocycles. The van der Waals surface area contributed by atoms with Crippen molar-refractivity contribution in [1.29, 1.82) is 0 Å². The van der Waals surface area contributed by atoms with E-state index < -0.39 is 0 Å². The highest BCUT2D eigenvalue weighted by Gasteiger charge is 2.20. The number of aryl methyl sites for hydroxylation is 1. The highest BCUT2D eigenvalue weighted by Crippen LogP contribution is 2.28. The second-order valence-electron chi connectivity index (χ2n) is 7.24. The van der Waals surface area contributed by atoms with Crippen LogP contribution in [0.1, 0.15) is 46.6 Å². The smallest absolute Gasteiger partial charge is 0.133 e. The van der Waals surface area contributed by atoms with Crippen LogP contribution in [0.2, 0.25) is 0 Å². The first kappa shape index (κ1) is 17.5. The van der Waals surface area contributed by atoms with Crippen LogP contribution >= 0.6 is 15.9 Å².